The highest BCUT2D eigenvalue weighted by Crippen LogP contribution is 2.27. The van der Waals surface area contributed by atoms with E-state index in [9.17, 15) is 9.59 Å². The fourth-order valence-electron chi connectivity index (χ4n) is 2.45. The first-order valence-corrected chi connectivity index (χ1v) is 8.56. The summed E-state index contributed by atoms with van der Waals surface area (Å²) in [5.74, 6) is -0.896. The van der Waals surface area contributed by atoms with Gasteiger partial charge in [0, 0.05) is 31.4 Å². The zero-order chi connectivity index (χ0) is 15.9. The van der Waals surface area contributed by atoms with Gasteiger partial charge >= 0.3 is 12.0 Å². The Morgan fingerprint density at radius 2 is 2.14 bits per heavy atom. The number of aliphatic carboxylic acids is 1. The topological polar surface area (TPSA) is 82.5 Å². The number of aryl methyl sites for hydroxylation is 3. The third-order valence-electron chi connectivity index (χ3n) is 3.74. The number of aromatic nitrogens is 1. The lowest BCUT2D eigenvalue weighted by Gasteiger charge is -2.16. The van der Waals surface area contributed by atoms with Crippen molar-refractivity contribution in [2.45, 2.75) is 44.9 Å². The molecule has 0 aliphatic heterocycles. The molecule has 0 atom stereocenters. The minimum Gasteiger partial charge on any atom is -0.481 e. The predicted octanol–water partition coefficient (Wildman–Crippen LogP) is 2.07. The molecule has 7 heteroatoms. The highest BCUT2D eigenvalue weighted by Gasteiger charge is 2.15. The van der Waals surface area contributed by atoms with Gasteiger partial charge in [0.25, 0.3) is 0 Å². The number of hydrogen-bond acceptors (Lipinski definition) is 4. The SMILES string of the molecule is CN(CCC(=O)O)C(=O)NCCCc1nc2c(s1)CCCC2. The van der Waals surface area contributed by atoms with Crippen molar-refractivity contribution >= 4 is 23.3 Å². The lowest BCUT2D eigenvalue weighted by molar-refractivity contribution is -0.137. The normalized spacial score (nSPS) is 13.5. The summed E-state index contributed by atoms with van der Waals surface area (Å²) < 4.78 is 0. The summed E-state index contributed by atoms with van der Waals surface area (Å²) in [5.41, 5.74) is 1.28. The van der Waals surface area contributed by atoms with Crippen LogP contribution in [0.5, 0.6) is 0 Å². The van der Waals surface area contributed by atoms with Crippen LogP contribution in [0.15, 0.2) is 0 Å². The third kappa shape index (κ3) is 4.98. The molecule has 1 aromatic rings. The number of carboxylic acids is 1. The van der Waals surface area contributed by atoms with Crippen LogP contribution >= 0.6 is 11.3 Å². The van der Waals surface area contributed by atoms with Gasteiger partial charge in [0.05, 0.1) is 17.1 Å². The first-order valence-electron chi connectivity index (χ1n) is 7.74. The Morgan fingerprint density at radius 3 is 2.86 bits per heavy atom. The summed E-state index contributed by atoms with van der Waals surface area (Å²) in [7, 11) is 1.60. The fourth-order valence-corrected chi connectivity index (χ4v) is 3.65. The zero-order valence-corrected chi connectivity index (χ0v) is 13.7. The Labute approximate surface area is 134 Å². The molecule has 2 rings (SSSR count). The maximum Gasteiger partial charge on any atom is 0.317 e. The van der Waals surface area contributed by atoms with Crippen LogP contribution in [-0.2, 0) is 24.1 Å². The number of carbonyl (C=O) groups excluding carboxylic acids is 1. The van der Waals surface area contributed by atoms with Crippen LogP contribution in [0.25, 0.3) is 0 Å². The number of hydrogen-bond donors (Lipinski definition) is 2. The van der Waals surface area contributed by atoms with Crippen LogP contribution in [0, 0.1) is 0 Å². The largest absolute Gasteiger partial charge is 0.481 e. The van der Waals surface area contributed by atoms with Gasteiger partial charge in [-0.05, 0) is 32.1 Å². The molecule has 2 amide bonds. The van der Waals surface area contributed by atoms with Crippen molar-refractivity contribution < 1.29 is 14.7 Å². The third-order valence-corrected chi connectivity index (χ3v) is 4.96. The van der Waals surface area contributed by atoms with Crippen molar-refractivity contribution in [1.29, 1.82) is 0 Å². The predicted molar refractivity (Wildman–Crippen MR) is 85.4 cm³/mol. The van der Waals surface area contributed by atoms with Gasteiger partial charge in [0.2, 0.25) is 0 Å². The molecule has 0 bridgehead atoms. The molecule has 0 fully saturated rings. The van der Waals surface area contributed by atoms with Crippen molar-refractivity contribution in [3.8, 4) is 0 Å². The first kappa shape index (κ1) is 16.7. The van der Waals surface area contributed by atoms with E-state index in [0.717, 1.165) is 25.7 Å². The Bertz CT molecular complexity index is 507. The molecule has 1 aromatic heterocycles. The number of thiazole rings is 1. The van der Waals surface area contributed by atoms with Gasteiger partial charge in [-0.25, -0.2) is 9.78 Å². The molecule has 0 radical (unpaired) electrons. The first-order chi connectivity index (χ1) is 10.6. The van der Waals surface area contributed by atoms with Gasteiger partial charge in [0.15, 0.2) is 0 Å². The summed E-state index contributed by atoms with van der Waals surface area (Å²) >= 11 is 1.81. The number of fused-ring (bicyclic) bond motifs is 1. The van der Waals surface area contributed by atoms with Crippen LogP contribution in [0.2, 0.25) is 0 Å². The second-order valence-corrected chi connectivity index (χ2v) is 6.75. The number of carboxylic acid groups (broad SMARTS) is 1. The van der Waals surface area contributed by atoms with E-state index in [0.29, 0.717) is 6.54 Å². The smallest absolute Gasteiger partial charge is 0.317 e. The minimum absolute atomic E-state index is 0.0331. The van der Waals surface area contributed by atoms with E-state index in [1.807, 2.05) is 11.3 Å². The molecule has 0 saturated heterocycles. The van der Waals surface area contributed by atoms with Crippen molar-refractivity contribution in [3.05, 3.63) is 15.6 Å². The maximum atomic E-state index is 11.7. The molecule has 6 nitrogen and oxygen atoms in total. The van der Waals surface area contributed by atoms with Crippen LogP contribution in [-0.4, -0.2) is 47.1 Å². The van der Waals surface area contributed by atoms with Gasteiger partial charge in [-0.3, -0.25) is 4.79 Å². The molecule has 22 heavy (non-hydrogen) atoms. The number of amides is 2. The molecule has 0 spiro atoms. The molecule has 0 saturated carbocycles. The van der Waals surface area contributed by atoms with Gasteiger partial charge in [-0.15, -0.1) is 11.3 Å². The second kappa shape index (κ2) is 8.12. The van der Waals surface area contributed by atoms with Gasteiger partial charge in [0.1, 0.15) is 0 Å². The van der Waals surface area contributed by atoms with Crippen molar-refractivity contribution in [1.82, 2.24) is 15.2 Å². The van der Waals surface area contributed by atoms with E-state index >= 15 is 0 Å². The van der Waals surface area contributed by atoms with Crippen LogP contribution in [0.1, 0.15) is 41.3 Å². The lowest BCUT2D eigenvalue weighted by Crippen LogP contribution is -2.38. The summed E-state index contributed by atoms with van der Waals surface area (Å²) in [6, 6.07) is -0.223. The van der Waals surface area contributed by atoms with Crippen molar-refractivity contribution in [2.75, 3.05) is 20.1 Å². The Morgan fingerprint density at radius 1 is 1.36 bits per heavy atom. The van der Waals surface area contributed by atoms with Crippen molar-refractivity contribution in [3.63, 3.8) is 0 Å². The Kier molecular flexibility index (Phi) is 6.18. The molecule has 0 unspecified atom stereocenters. The second-order valence-electron chi connectivity index (χ2n) is 5.59. The van der Waals surface area contributed by atoms with E-state index in [4.69, 9.17) is 5.11 Å². The molecule has 1 aliphatic carbocycles. The number of nitrogens with one attached hydrogen (secondary N) is 1. The minimum atomic E-state index is -0.896. The van der Waals surface area contributed by atoms with E-state index in [-0.39, 0.29) is 19.0 Å². The highest BCUT2D eigenvalue weighted by molar-refractivity contribution is 7.11. The van der Waals surface area contributed by atoms with Crippen molar-refractivity contribution in [2.24, 2.45) is 0 Å². The van der Waals surface area contributed by atoms with Gasteiger partial charge in [-0.2, -0.15) is 0 Å². The molecule has 1 aliphatic rings. The molecular weight excluding hydrogens is 302 g/mol. The average Bonchev–Trinajstić information content (AvgIpc) is 2.91. The number of nitrogens with zero attached hydrogens (tertiary/aromatic N) is 2. The van der Waals surface area contributed by atoms with Crippen LogP contribution < -0.4 is 5.32 Å². The Balaban J connectivity index is 1.65. The van der Waals surface area contributed by atoms with E-state index in [1.165, 1.54) is 33.3 Å². The van der Waals surface area contributed by atoms with Crippen LogP contribution in [0.3, 0.4) is 0 Å². The van der Waals surface area contributed by atoms with Gasteiger partial charge in [-0.1, -0.05) is 0 Å². The quantitative estimate of drug-likeness (QED) is 0.752. The fraction of sp³-hybridized carbons (Fsp3) is 0.667. The van der Waals surface area contributed by atoms with E-state index in [2.05, 4.69) is 10.3 Å². The highest BCUT2D eigenvalue weighted by atomic mass is 32.1. The number of rotatable bonds is 7. The summed E-state index contributed by atoms with van der Waals surface area (Å²) in [4.78, 5) is 29.7. The summed E-state index contributed by atoms with van der Waals surface area (Å²) in [6.45, 7) is 0.806. The van der Waals surface area contributed by atoms with E-state index in [1.54, 1.807) is 7.05 Å². The number of urea groups is 1. The number of carbonyl (C=O) groups is 2. The molecular formula is C15H23N3O3S. The Hall–Kier alpha value is -1.63. The maximum absolute atomic E-state index is 11.7. The molecule has 1 heterocycles. The standard InChI is InChI=1S/C15H23N3O3S/c1-18(10-8-14(19)20)15(21)16-9-4-7-13-17-11-5-2-3-6-12(11)22-13/h2-10H2,1H3,(H,16,21)(H,19,20). The average molecular weight is 325 g/mol. The molecule has 122 valence electrons. The monoisotopic (exact) mass is 325 g/mol. The summed E-state index contributed by atoms with van der Waals surface area (Å²) in [5, 5.41) is 12.6. The summed E-state index contributed by atoms with van der Waals surface area (Å²) in [6.07, 6.45) is 6.49. The van der Waals surface area contributed by atoms with Crippen LogP contribution in [0.4, 0.5) is 4.79 Å². The molecule has 0 aromatic carbocycles. The zero-order valence-electron chi connectivity index (χ0n) is 12.9. The molecule has 2 N–H and O–H groups in total. The van der Waals surface area contributed by atoms with Gasteiger partial charge < -0.3 is 15.3 Å². The lowest BCUT2D eigenvalue weighted by atomic mass is 10.0. The van der Waals surface area contributed by atoms with E-state index < -0.39 is 5.97 Å².